The smallest absolute Gasteiger partial charge is 0.459 e. The predicted molar refractivity (Wildman–Crippen MR) is 166 cm³/mol. The minimum absolute atomic E-state index is 0.0253. The van der Waals surface area contributed by atoms with Crippen molar-refractivity contribution in [1.82, 2.24) is 24.6 Å². The zero-order valence-corrected chi connectivity index (χ0v) is 26.3. The molecule has 0 unspecified atom stereocenters. The molecule has 1 aromatic carbocycles. The molecule has 3 aromatic heterocycles. The molecule has 0 bridgehead atoms. The summed E-state index contributed by atoms with van der Waals surface area (Å²) in [4.78, 5) is 26.0. The summed E-state index contributed by atoms with van der Waals surface area (Å²) >= 11 is 0. The van der Waals surface area contributed by atoms with Crippen molar-refractivity contribution in [2.24, 2.45) is 0 Å². The number of para-hydroxylation sites is 1. The van der Waals surface area contributed by atoms with Crippen LogP contribution >= 0.6 is 7.75 Å². The lowest BCUT2D eigenvalue weighted by atomic mass is 10.1. The average Bonchev–Trinajstić information content (AvgIpc) is 3.36. The lowest BCUT2D eigenvalue weighted by molar-refractivity contribution is -0.149. The molecule has 0 saturated heterocycles. The summed E-state index contributed by atoms with van der Waals surface area (Å²) < 4.78 is 39.4. The topological polar surface area (TPSA) is 153 Å². The molecule has 3 heterocycles. The van der Waals surface area contributed by atoms with Gasteiger partial charge in [0.25, 0.3) is 0 Å². The molecule has 0 amide bonds. The highest BCUT2D eigenvalue weighted by molar-refractivity contribution is 7.52. The maximum absolute atomic E-state index is 14.3. The van der Waals surface area contributed by atoms with E-state index in [0.717, 1.165) is 29.3 Å². The third-order valence-electron chi connectivity index (χ3n) is 6.69. The molecule has 0 fully saturated rings. The third kappa shape index (κ3) is 8.08. The van der Waals surface area contributed by atoms with Gasteiger partial charge in [0.05, 0.1) is 29.8 Å². The van der Waals surface area contributed by atoms with Crippen LogP contribution in [0.15, 0.2) is 48.8 Å². The molecule has 13 heteroatoms. The molecule has 4 rings (SSSR count). The van der Waals surface area contributed by atoms with Crippen molar-refractivity contribution in [1.29, 1.82) is 0 Å². The Hall–Kier alpha value is -3.57. The van der Waals surface area contributed by atoms with E-state index < -0.39 is 19.8 Å². The largest absolute Gasteiger partial charge is 0.462 e. The minimum atomic E-state index is -4.12. The van der Waals surface area contributed by atoms with E-state index >= 15 is 0 Å². The van der Waals surface area contributed by atoms with E-state index in [1.807, 2.05) is 31.2 Å². The van der Waals surface area contributed by atoms with E-state index in [1.165, 1.54) is 12.4 Å². The molecule has 12 nitrogen and oxygen atoms in total. The molecule has 0 saturated carbocycles. The molecule has 4 aromatic rings. The van der Waals surface area contributed by atoms with Crippen LogP contribution in [0.1, 0.15) is 65.7 Å². The summed E-state index contributed by atoms with van der Waals surface area (Å²) in [6.07, 6.45) is 5.16. The number of aromatic nitrogens is 4. The Bertz CT molecular complexity index is 1560. The summed E-state index contributed by atoms with van der Waals surface area (Å²) in [7, 11) is -4.12. The quantitative estimate of drug-likeness (QED) is 0.114. The first kappa shape index (κ1) is 32.3. The summed E-state index contributed by atoms with van der Waals surface area (Å²) in [6.45, 7) is 9.77. The van der Waals surface area contributed by atoms with E-state index in [-0.39, 0.29) is 31.1 Å². The first-order valence-corrected chi connectivity index (χ1v) is 16.1. The van der Waals surface area contributed by atoms with Gasteiger partial charge in [-0.2, -0.15) is 5.09 Å². The van der Waals surface area contributed by atoms with Crippen LogP contribution in [0.2, 0.25) is 0 Å². The number of benzene rings is 1. The minimum Gasteiger partial charge on any atom is -0.462 e. The van der Waals surface area contributed by atoms with Crippen LogP contribution < -0.4 is 15.3 Å². The van der Waals surface area contributed by atoms with E-state index in [1.54, 1.807) is 32.9 Å². The number of imidazole rings is 1. The van der Waals surface area contributed by atoms with Crippen LogP contribution in [0, 0.1) is 0 Å². The number of nitrogens with one attached hydrogen (secondary N) is 1. The van der Waals surface area contributed by atoms with Gasteiger partial charge in [-0.1, -0.05) is 38.0 Å². The fourth-order valence-corrected chi connectivity index (χ4v) is 6.25. The molecule has 0 spiro atoms. The lowest BCUT2D eigenvalue weighted by Crippen LogP contribution is -2.36. The maximum atomic E-state index is 14.3. The predicted octanol–water partition coefficient (Wildman–Crippen LogP) is 5.96. The van der Waals surface area contributed by atoms with Gasteiger partial charge in [0.1, 0.15) is 29.7 Å². The van der Waals surface area contributed by atoms with Gasteiger partial charge in [-0.3, -0.25) is 14.3 Å². The molecule has 3 atom stereocenters. The van der Waals surface area contributed by atoms with Crippen molar-refractivity contribution < 1.29 is 27.9 Å². The summed E-state index contributed by atoms with van der Waals surface area (Å²) in [5.74, 6) is 0.661. The van der Waals surface area contributed by atoms with Crippen LogP contribution in [0.25, 0.3) is 21.9 Å². The Balaban J connectivity index is 1.76. The number of nitrogens with zero attached hydrogens (tertiary/aromatic N) is 4. The van der Waals surface area contributed by atoms with Gasteiger partial charge < -0.3 is 24.3 Å². The van der Waals surface area contributed by atoms with Crippen molar-refractivity contribution in [2.45, 2.75) is 78.7 Å². The van der Waals surface area contributed by atoms with Crippen molar-refractivity contribution in [3.8, 4) is 5.75 Å². The Morgan fingerprint density at radius 2 is 1.84 bits per heavy atom. The van der Waals surface area contributed by atoms with Gasteiger partial charge >= 0.3 is 13.7 Å². The Morgan fingerprint density at radius 3 is 2.53 bits per heavy atom. The molecule has 0 aliphatic heterocycles. The van der Waals surface area contributed by atoms with Crippen molar-refractivity contribution >= 4 is 41.5 Å². The highest BCUT2D eigenvalue weighted by atomic mass is 31.2. The third-order valence-corrected chi connectivity index (χ3v) is 8.33. The second kappa shape index (κ2) is 14.7. The highest BCUT2D eigenvalue weighted by Crippen LogP contribution is 2.46. The normalized spacial score (nSPS) is 14.6. The maximum Gasteiger partial charge on any atom is 0.459 e. The van der Waals surface area contributed by atoms with Gasteiger partial charge in [0.15, 0.2) is 5.82 Å². The van der Waals surface area contributed by atoms with Gasteiger partial charge in [-0.25, -0.2) is 14.5 Å². The highest BCUT2D eigenvalue weighted by Gasteiger charge is 2.34. The Kier molecular flexibility index (Phi) is 11.1. The number of carbonyl (C=O) groups excluding carboxylic acids is 1. The average molecular weight is 613 g/mol. The number of pyridine rings is 2. The second-order valence-corrected chi connectivity index (χ2v) is 12.1. The van der Waals surface area contributed by atoms with Gasteiger partial charge in [-0.15, -0.1) is 0 Å². The molecule has 232 valence electrons. The Morgan fingerprint density at radius 1 is 1.09 bits per heavy atom. The summed E-state index contributed by atoms with van der Waals surface area (Å²) in [6, 6.07) is 9.55. The molecule has 0 aliphatic carbocycles. The molecule has 43 heavy (non-hydrogen) atoms. The number of unbranched alkanes of at least 4 members (excludes halogenated alkanes) is 1. The first-order chi connectivity index (χ1) is 20.7. The van der Waals surface area contributed by atoms with E-state index in [0.29, 0.717) is 30.2 Å². The molecule has 0 aliphatic rings. The van der Waals surface area contributed by atoms with Crippen molar-refractivity contribution in [3.63, 3.8) is 0 Å². The number of esters is 1. The number of nitrogens with two attached hydrogens (primary N) is 1. The number of fused-ring (bicyclic) bond motifs is 3. The number of carbonyl (C=O) groups is 1. The number of hydrogen-bond acceptors (Lipinski definition) is 10. The zero-order chi connectivity index (χ0) is 31.0. The molecular formula is C30H41N6O6P. The van der Waals surface area contributed by atoms with E-state index in [4.69, 9.17) is 29.2 Å². The van der Waals surface area contributed by atoms with Gasteiger partial charge in [0.2, 0.25) is 0 Å². The van der Waals surface area contributed by atoms with Crippen LogP contribution in [0.3, 0.4) is 0 Å². The van der Waals surface area contributed by atoms with E-state index in [2.05, 4.69) is 26.5 Å². The van der Waals surface area contributed by atoms with Gasteiger partial charge in [0, 0.05) is 24.4 Å². The molecular weight excluding hydrogens is 571 g/mol. The summed E-state index contributed by atoms with van der Waals surface area (Å²) in [5.41, 5.74) is 8.50. The number of nitrogen functional groups attached to an aromatic ring is 1. The van der Waals surface area contributed by atoms with Crippen LogP contribution in [-0.4, -0.2) is 50.8 Å². The first-order valence-electron chi connectivity index (χ1n) is 14.6. The number of anilines is 1. The summed E-state index contributed by atoms with van der Waals surface area (Å²) in [5, 5.41) is 3.64. The fourth-order valence-electron chi connectivity index (χ4n) is 4.72. The second-order valence-electron chi connectivity index (χ2n) is 10.4. The van der Waals surface area contributed by atoms with E-state index in [9.17, 15) is 9.36 Å². The fraction of sp³-hybridized carbons (Fsp3) is 0.467. The standard InChI is InChI=1S/C30H41N6O6P/c1-6-8-11-22(18-40-43(38,42-23-14-16-32-17-15-23)35-21(5)30(37)41-20(3)4)36-26(19-39-7-2)34-27-28(36)24-12-9-10-13-25(24)33-29(27)31/h9-10,12-17,20-22H,6-8,11,18-19H2,1-5H3,(H2,31,33)(H,35,38)/t21-,22-,43-/m0/s1. The Labute approximate surface area is 251 Å². The number of ether oxygens (including phenoxy) is 2. The monoisotopic (exact) mass is 612 g/mol. The van der Waals surface area contributed by atoms with Gasteiger partial charge in [-0.05, 0) is 52.3 Å². The zero-order valence-electron chi connectivity index (χ0n) is 25.4. The van der Waals surface area contributed by atoms with Crippen LogP contribution in [-0.2, 0) is 30.0 Å². The number of hydrogen-bond donors (Lipinski definition) is 2. The van der Waals surface area contributed by atoms with Crippen LogP contribution in [0.4, 0.5) is 5.82 Å². The molecule has 3 N–H and O–H groups in total. The lowest BCUT2D eigenvalue weighted by Gasteiger charge is -2.27. The van der Waals surface area contributed by atoms with Crippen LogP contribution in [0.5, 0.6) is 5.75 Å². The number of rotatable bonds is 16. The van der Waals surface area contributed by atoms with Crippen molar-refractivity contribution in [2.75, 3.05) is 18.9 Å². The van der Waals surface area contributed by atoms with Crippen molar-refractivity contribution in [3.05, 3.63) is 54.6 Å². The SMILES string of the molecule is CCCC[C@@H](CO[P@@](=O)(N[C@@H](C)C(=O)OC(C)C)Oc1ccncc1)n1c(COCC)nc2c(N)nc3ccccc3c21. The molecule has 0 radical (unpaired) electrons.